The van der Waals surface area contributed by atoms with Crippen molar-refractivity contribution in [1.29, 1.82) is 0 Å². The molecule has 0 rings (SSSR count). The van der Waals surface area contributed by atoms with Gasteiger partial charge in [0.05, 0.1) is 0 Å². The number of carboxylic acids is 1. The number of amides is 2. The van der Waals surface area contributed by atoms with Crippen LogP contribution >= 0.6 is 0 Å². The Morgan fingerprint density at radius 3 is 2.44 bits per heavy atom. The molecule has 0 aliphatic carbocycles. The maximum absolute atomic E-state index is 11.4. The maximum Gasteiger partial charge on any atom is 0.326 e. The lowest BCUT2D eigenvalue weighted by atomic mass is 10.1. The van der Waals surface area contributed by atoms with Gasteiger partial charge in [0.25, 0.3) is 0 Å². The minimum absolute atomic E-state index is 0.138. The third-order valence-corrected chi connectivity index (χ3v) is 2.59. The number of hydrogen-bond donors (Lipinski definition) is 3. The highest BCUT2D eigenvalue weighted by Crippen LogP contribution is 2.01. The van der Waals surface area contributed by atoms with Gasteiger partial charge in [0, 0.05) is 6.54 Å². The molecule has 104 valence electrons. The lowest BCUT2D eigenvalue weighted by Crippen LogP contribution is -2.48. The van der Waals surface area contributed by atoms with Gasteiger partial charge in [0.1, 0.15) is 6.04 Å². The van der Waals surface area contributed by atoms with E-state index in [1.807, 2.05) is 6.08 Å². The number of carboxylic acid groups (broad SMARTS) is 1. The van der Waals surface area contributed by atoms with Crippen LogP contribution in [0.1, 0.15) is 39.5 Å². The minimum Gasteiger partial charge on any atom is -0.480 e. The number of unbranched alkanes of at least 4 members (excludes halogenated alkanes) is 3. The van der Waals surface area contributed by atoms with Crippen LogP contribution < -0.4 is 10.6 Å². The van der Waals surface area contributed by atoms with E-state index in [0.29, 0.717) is 6.54 Å². The van der Waals surface area contributed by atoms with Crippen molar-refractivity contribution in [2.45, 2.75) is 45.6 Å². The van der Waals surface area contributed by atoms with Crippen LogP contribution in [0.4, 0.5) is 4.79 Å². The lowest BCUT2D eigenvalue weighted by molar-refractivity contribution is -0.140. The second kappa shape index (κ2) is 9.50. The molecule has 0 fully saturated rings. The highest BCUT2D eigenvalue weighted by Gasteiger charge is 2.22. The molecular weight excluding hydrogens is 232 g/mol. The molecule has 1 unspecified atom stereocenters. The van der Waals surface area contributed by atoms with Gasteiger partial charge in [-0.2, -0.15) is 0 Å². The molecule has 0 aliphatic heterocycles. The first-order chi connectivity index (χ1) is 8.49. The van der Waals surface area contributed by atoms with E-state index in [0.717, 1.165) is 25.7 Å². The van der Waals surface area contributed by atoms with Gasteiger partial charge in [0.15, 0.2) is 0 Å². The topological polar surface area (TPSA) is 78.4 Å². The van der Waals surface area contributed by atoms with Gasteiger partial charge in [0.2, 0.25) is 0 Å². The molecule has 0 aromatic heterocycles. The van der Waals surface area contributed by atoms with Crippen molar-refractivity contribution >= 4 is 12.0 Å². The monoisotopic (exact) mass is 256 g/mol. The van der Waals surface area contributed by atoms with Gasteiger partial charge in [-0.15, -0.1) is 6.58 Å². The van der Waals surface area contributed by atoms with E-state index >= 15 is 0 Å². The van der Waals surface area contributed by atoms with E-state index in [1.165, 1.54) is 0 Å². The van der Waals surface area contributed by atoms with E-state index in [1.54, 1.807) is 13.8 Å². The average molecular weight is 256 g/mol. The van der Waals surface area contributed by atoms with Gasteiger partial charge in [-0.1, -0.05) is 26.3 Å². The summed E-state index contributed by atoms with van der Waals surface area (Å²) in [5.74, 6) is -1.15. The van der Waals surface area contributed by atoms with Crippen LogP contribution in [0.15, 0.2) is 12.7 Å². The van der Waals surface area contributed by atoms with Crippen molar-refractivity contribution < 1.29 is 14.7 Å². The Kier molecular flexibility index (Phi) is 8.70. The van der Waals surface area contributed by atoms with E-state index < -0.39 is 18.0 Å². The Labute approximate surface area is 109 Å². The molecule has 0 heterocycles. The molecule has 0 aromatic rings. The summed E-state index contributed by atoms with van der Waals surface area (Å²) in [5.41, 5.74) is 0. The van der Waals surface area contributed by atoms with Crippen LogP contribution in [0.3, 0.4) is 0 Å². The smallest absolute Gasteiger partial charge is 0.326 e. The Morgan fingerprint density at radius 1 is 1.28 bits per heavy atom. The van der Waals surface area contributed by atoms with E-state index in [-0.39, 0.29) is 5.92 Å². The summed E-state index contributed by atoms with van der Waals surface area (Å²) < 4.78 is 0. The molecule has 0 saturated carbocycles. The Bertz CT molecular complexity index is 277. The predicted molar refractivity (Wildman–Crippen MR) is 71.5 cm³/mol. The highest BCUT2D eigenvalue weighted by atomic mass is 16.4. The van der Waals surface area contributed by atoms with Crippen molar-refractivity contribution in [1.82, 2.24) is 10.6 Å². The summed E-state index contributed by atoms with van der Waals surface area (Å²) in [4.78, 5) is 22.3. The summed E-state index contributed by atoms with van der Waals surface area (Å²) in [6.07, 6.45) is 5.84. The van der Waals surface area contributed by atoms with Gasteiger partial charge in [-0.05, 0) is 25.2 Å². The SMILES string of the molecule is C=CCCCCCNC(=O)NC(C(=O)O)C(C)C. The van der Waals surface area contributed by atoms with Gasteiger partial charge >= 0.3 is 12.0 Å². The number of nitrogens with one attached hydrogen (secondary N) is 2. The molecule has 5 heteroatoms. The number of rotatable bonds is 9. The summed E-state index contributed by atoms with van der Waals surface area (Å²) in [5, 5.41) is 14.0. The minimum atomic E-state index is -1.01. The third kappa shape index (κ3) is 7.70. The summed E-state index contributed by atoms with van der Waals surface area (Å²) >= 11 is 0. The second-order valence-corrected chi connectivity index (χ2v) is 4.60. The number of carbonyl (C=O) groups is 2. The molecule has 0 radical (unpaired) electrons. The fourth-order valence-electron chi connectivity index (χ4n) is 1.50. The number of carbonyl (C=O) groups excluding carboxylic acids is 1. The predicted octanol–water partition coefficient (Wildman–Crippen LogP) is 2.14. The van der Waals surface area contributed by atoms with Crippen LogP contribution in [-0.2, 0) is 4.79 Å². The second-order valence-electron chi connectivity index (χ2n) is 4.60. The molecule has 18 heavy (non-hydrogen) atoms. The molecule has 0 aromatic carbocycles. The molecule has 3 N–H and O–H groups in total. The third-order valence-electron chi connectivity index (χ3n) is 2.59. The summed E-state index contributed by atoms with van der Waals surface area (Å²) in [6, 6.07) is -1.26. The molecule has 0 bridgehead atoms. The van der Waals surface area contributed by atoms with Crippen molar-refractivity contribution in [3.05, 3.63) is 12.7 Å². The van der Waals surface area contributed by atoms with E-state index in [4.69, 9.17) is 5.11 Å². The molecule has 0 saturated heterocycles. The fourth-order valence-corrected chi connectivity index (χ4v) is 1.50. The van der Waals surface area contributed by atoms with E-state index in [9.17, 15) is 9.59 Å². The first-order valence-electron chi connectivity index (χ1n) is 6.37. The molecular formula is C13H24N2O3. The number of allylic oxidation sites excluding steroid dienone is 1. The largest absolute Gasteiger partial charge is 0.480 e. The first kappa shape index (κ1) is 16.5. The highest BCUT2D eigenvalue weighted by molar-refractivity contribution is 5.82. The van der Waals surface area contributed by atoms with Crippen molar-refractivity contribution in [2.75, 3.05) is 6.54 Å². The Balaban J connectivity index is 3.75. The van der Waals surface area contributed by atoms with Crippen LogP contribution in [0.25, 0.3) is 0 Å². The zero-order chi connectivity index (χ0) is 14.0. The normalized spacial score (nSPS) is 11.9. The standard InChI is InChI=1S/C13H24N2O3/c1-4-5-6-7-8-9-14-13(18)15-11(10(2)3)12(16)17/h4,10-11H,1,5-9H2,2-3H3,(H,16,17)(H2,14,15,18). The quantitative estimate of drug-likeness (QED) is 0.437. The average Bonchev–Trinajstić information content (AvgIpc) is 2.29. The number of hydrogen-bond acceptors (Lipinski definition) is 2. The van der Waals surface area contributed by atoms with Crippen LogP contribution in [-0.4, -0.2) is 29.7 Å². The fraction of sp³-hybridized carbons (Fsp3) is 0.692. The first-order valence-corrected chi connectivity index (χ1v) is 6.37. The Hall–Kier alpha value is -1.52. The van der Waals surface area contributed by atoms with Crippen molar-refractivity contribution in [2.24, 2.45) is 5.92 Å². The summed E-state index contributed by atoms with van der Waals surface area (Å²) in [7, 11) is 0. The Morgan fingerprint density at radius 2 is 1.94 bits per heavy atom. The molecule has 5 nitrogen and oxygen atoms in total. The van der Waals surface area contributed by atoms with Crippen LogP contribution in [0.5, 0.6) is 0 Å². The zero-order valence-corrected chi connectivity index (χ0v) is 11.2. The van der Waals surface area contributed by atoms with Crippen LogP contribution in [0.2, 0.25) is 0 Å². The van der Waals surface area contributed by atoms with Gasteiger partial charge < -0.3 is 15.7 Å². The van der Waals surface area contributed by atoms with Crippen molar-refractivity contribution in [3.63, 3.8) is 0 Å². The van der Waals surface area contributed by atoms with Gasteiger partial charge in [-0.3, -0.25) is 0 Å². The van der Waals surface area contributed by atoms with Gasteiger partial charge in [-0.25, -0.2) is 9.59 Å². The molecule has 0 spiro atoms. The van der Waals surface area contributed by atoms with E-state index in [2.05, 4.69) is 17.2 Å². The maximum atomic E-state index is 11.4. The van der Waals surface area contributed by atoms with Crippen LogP contribution in [0, 0.1) is 5.92 Å². The molecule has 1 atom stereocenters. The molecule has 0 aliphatic rings. The number of aliphatic carboxylic acids is 1. The van der Waals surface area contributed by atoms with Crippen molar-refractivity contribution in [3.8, 4) is 0 Å². The number of urea groups is 1. The summed E-state index contributed by atoms with van der Waals surface area (Å²) in [6.45, 7) is 7.72. The molecule has 2 amide bonds. The lowest BCUT2D eigenvalue weighted by Gasteiger charge is -2.18. The zero-order valence-electron chi connectivity index (χ0n) is 11.2.